The predicted octanol–water partition coefficient (Wildman–Crippen LogP) is 3.54. The van der Waals surface area contributed by atoms with Crippen LogP contribution in [0.4, 0.5) is 5.69 Å². The second-order valence-corrected chi connectivity index (χ2v) is 8.92. The number of hydrogen-bond donors (Lipinski definition) is 2. The van der Waals surface area contributed by atoms with Gasteiger partial charge < -0.3 is 5.32 Å². The summed E-state index contributed by atoms with van der Waals surface area (Å²) in [6, 6.07) is 13.7. The summed E-state index contributed by atoms with van der Waals surface area (Å²) in [5, 5.41) is 3.79. The number of carbonyl (C=O) groups excluding carboxylic acids is 1. The summed E-state index contributed by atoms with van der Waals surface area (Å²) in [6.07, 6.45) is 1.75. The Labute approximate surface area is 164 Å². The third-order valence-corrected chi connectivity index (χ3v) is 6.20. The minimum Gasteiger partial charge on any atom is -0.321 e. The minimum absolute atomic E-state index is 0.0413. The predicted molar refractivity (Wildman–Crippen MR) is 109 cm³/mol. The molecule has 2 aromatic carbocycles. The van der Waals surface area contributed by atoms with Gasteiger partial charge in [0.05, 0.1) is 16.1 Å². The standard InChI is InChI=1S/C21H21N3O3S/c1-13-3-10-19-18(11-13)20(12-14(2)22-19)23-21(25)15-4-8-17(9-5-15)28(26,27)24-16-6-7-16/h3-5,8-12,16,24H,6-7H2,1-2H3,(H,22,23,25). The molecule has 1 aliphatic rings. The van der Waals surface area contributed by atoms with Crippen LogP contribution in [0.1, 0.15) is 34.5 Å². The number of rotatable bonds is 5. The quantitative estimate of drug-likeness (QED) is 0.692. The van der Waals surface area contributed by atoms with Crippen LogP contribution in [0.5, 0.6) is 0 Å². The van der Waals surface area contributed by atoms with E-state index in [1.165, 1.54) is 24.3 Å². The fourth-order valence-electron chi connectivity index (χ4n) is 3.04. The van der Waals surface area contributed by atoms with E-state index < -0.39 is 10.0 Å². The Hall–Kier alpha value is -2.77. The van der Waals surface area contributed by atoms with Gasteiger partial charge in [-0.1, -0.05) is 11.6 Å². The molecule has 7 heteroatoms. The van der Waals surface area contributed by atoms with Crippen molar-refractivity contribution >= 4 is 32.5 Å². The molecule has 28 heavy (non-hydrogen) atoms. The lowest BCUT2D eigenvalue weighted by atomic mass is 10.1. The Bertz CT molecular complexity index is 1170. The number of sulfonamides is 1. The number of aryl methyl sites for hydroxylation is 2. The van der Waals surface area contributed by atoms with Crippen LogP contribution >= 0.6 is 0 Å². The molecule has 6 nitrogen and oxygen atoms in total. The molecule has 0 aliphatic heterocycles. The maximum atomic E-state index is 12.7. The van der Waals surface area contributed by atoms with Crippen LogP contribution in [0.25, 0.3) is 10.9 Å². The molecular weight excluding hydrogens is 374 g/mol. The van der Waals surface area contributed by atoms with Gasteiger partial charge in [-0.25, -0.2) is 13.1 Å². The van der Waals surface area contributed by atoms with E-state index in [4.69, 9.17) is 0 Å². The minimum atomic E-state index is -3.53. The summed E-state index contributed by atoms with van der Waals surface area (Å²) >= 11 is 0. The highest BCUT2D eigenvalue weighted by molar-refractivity contribution is 7.89. The van der Waals surface area contributed by atoms with E-state index >= 15 is 0 Å². The normalized spacial score (nSPS) is 14.2. The molecule has 4 rings (SSSR count). The number of nitrogens with zero attached hydrogens (tertiary/aromatic N) is 1. The highest BCUT2D eigenvalue weighted by atomic mass is 32.2. The molecule has 144 valence electrons. The Balaban J connectivity index is 1.59. The van der Waals surface area contributed by atoms with Gasteiger partial charge in [0.1, 0.15) is 0 Å². The van der Waals surface area contributed by atoms with Crippen molar-refractivity contribution in [2.24, 2.45) is 0 Å². The van der Waals surface area contributed by atoms with Crippen LogP contribution in [0.2, 0.25) is 0 Å². The molecular formula is C21H21N3O3S. The summed E-state index contributed by atoms with van der Waals surface area (Å²) in [5.41, 5.74) is 3.77. The lowest BCUT2D eigenvalue weighted by molar-refractivity contribution is 0.102. The van der Waals surface area contributed by atoms with Crippen molar-refractivity contribution in [1.29, 1.82) is 0 Å². The fraction of sp³-hybridized carbons (Fsp3) is 0.238. The molecule has 3 aromatic rings. The van der Waals surface area contributed by atoms with E-state index in [-0.39, 0.29) is 16.8 Å². The van der Waals surface area contributed by atoms with Gasteiger partial charge in [-0.05, 0) is 69.2 Å². The van der Waals surface area contributed by atoms with Crippen LogP contribution in [-0.2, 0) is 10.0 Å². The number of fused-ring (bicyclic) bond motifs is 1. The van der Waals surface area contributed by atoms with Gasteiger partial charge in [0.25, 0.3) is 5.91 Å². The lowest BCUT2D eigenvalue weighted by Gasteiger charge is -2.11. The highest BCUT2D eigenvalue weighted by Crippen LogP contribution is 2.25. The zero-order valence-electron chi connectivity index (χ0n) is 15.7. The molecule has 1 saturated carbocycles. The van der Waals surface area contributed by atoms with E-state index in [1.807, 2.05) is 38.1 Å². The van der Waals surface area contributed by atoms with Gasteiger partial charge in [-0.2, -0.15) is 0 Å². The third kappa shape index (κ3) is 3.90. The van der Waals surface area contributed by atoms with E-state index in [0.29, 0.717) is 11.3 Å². The van der Waals surface area contributed by atoms with E-state index in [1.54, 1.807) is 0 Å². The number of aromatic nitrogens is 1. The van der Waals surface area contributed by atoms with Gasteiger partial charge in [-0.15, -0.1) is 0 Å². The molecule has 1 fully saturated rings. The van der Waals surface area contributed by atoms with Crippen molar-refractivity contribution in [3.8, 4) is 0 Å². The molecule has 0 saturated heterocycles. The van der Waals surface area contributed by atoms with Gasteiger partial charge >= 0.3 is 0 Å². The molecule has 0 atom stereocenters. The van der Waals surface area contributed by atoms with Crippen molar-refractivity contribution in [3.63, 3.8) is 0 Å². The number of benzene rings is 2. The van der Waals surface area contributed by atoms with Crippen molar-refractivity contribution in [3.05, 3.63) is 65.4 Å². The Kier molecular flexibility index (Phi) is 4.64. The summed E-state index contributed by atoms with van der Waals surface area (Å²) in [7, 11) is -3.53. The zero-order valence-corrected chi connectivity index (χ0v) is 16.5. The topological polar surface area (TPSA) is 88.2 Å². The average Bonchev–Trinajstić information content (AvgIpc) is 3.45. The molecule has 1 heterocycles. The summed E-state index contributed by atoms with van der Waals surface area (Å²) in [6.45, 7) is 3.86. The largest absolute Gasteiger partial charge is 0.321 e. The molecule has 2 N–H and O–H groups in total. The van der Waals surface area contributed by atoms with Crippen LogP contribution in [0.3, 0.4) is 0 Å². The molecule has 0 radical (unpaired) electrons. The van der Waals surface area contributed by atoms with Crippen LogP contribution in [0.15, 0.2) is 53.4 Å². The summed E-state index contributed by atoms with van der Waals surface area (Å²) < 4.78 is 27.1. The van der Waals surface area contributed by atoms with Gasteiger partial charge in [0.2, 0.25) is 10.0 Å². The van der Waals surface area contributed by atoms with Crippen LogP contribution < -0.4 is 10.0 Å². The molecule has 1 aromatic heterocycles. The first-order valence-corrected chi connectivity index (χ1v) is 10.6. The molecule has 0 unspecified atom stereocenters. The van der Waals surface area contributed by atoms with E-state index in [0.717, 1.165) is 35.0 Å². The summed E-state index contributed by atoms with van der Waals surface area (Å²) in [5.74, 6) is -0.299. The Morgan fingerprint density at radius 3 is 2.43 bits per heavy atom. The first-order valence-electron chi connectivity index (χ1n) is 9.13. The first kappa shape index (κ1) is 18.6. The maximum Gasteiger partial charge on any atom is 0.255 e. The number of amides is 1. The number of nitrogens with one attached hydrogen (secondary N) is 2. The van der Waals surface area contributed by atoms with Gasteiger partial charge in [0.15, 0.2) is 0 Å². The van der Waals surface area contributed by atoms with E-state index in [9.17, 15) is 13.2 Å². The van der Waals surface area contributed by atoms with Crippen LogP contribution in [-0.4, -0.2) is 25.4 Å². The van der Waals surface area contributed by atoms with Crippen molar-refractivity contribution in [1.82, 2.24) is 9.71 Å². The highest BCUT2D eigenvalue weighted by Gasteiger charge is 2.28. The Morgan fingerprint density at radius 2 is 1.75 bits per heavy atom. The SMILES string of the molecule is Cc1ccc2nc(C)cc(NC(=O)c3ccc(S(=O)(=O)NC4CC4)cc3)c2c1. The van der Waals surface area contributed by atoms with Crippen LogP contribution in [0, 0.1) is 13.8 Å². The third-order valence-electron chi connectivity index (χ3n) is 4.67. The van der Waals surface area contributed by atoms with Gasteiger partial charge in [0, 0.05) is 22.7 Å². The van der Waals surface area contributed by atoms with Gasteiger partial charge in [-0.3, -0.25) is 9.78 Å². The lowest BCUT2D eigenvalue weighted by Crippen LogP contribution is -2.25. The second kappa shape index (κ2) is 7.00. The monoisotopic (exact) mass is 395 g/mol. The van der Waals surface area contributed by atoms with E-state index in [2.05, 4.69) is 15.0 Å². The summed E-state index contributed by atoms with van der Waals surface area (Å²) in [4.78, 5) is 17.4. The number of hydrogen-bond acceptors (Lipinski definition) is 4. The molecule has 1 amide bonds. The number of anilines is 1. The van der Waals surface area contributed by atoms with Crippen molar-refractivity contribution in [2.75, 3.05) is 5.32 Å². The van der Waals surface area contributed by atoms with Crippen molar-refractivity contribution in [2.45, 2.75) is 37.6 Å². The second-order valence-electron chi connectivity index (χ2n) is 7.21. The molecule has 0 spiro atoms. The molecule has 0 bridgehead atoms. The fourth-order valence-corrected chi connectivity index (χ4v) is 4.35. The van der Waals surface area contributed by atoms with Crippen molar-refractivity contribution < 1.29 is 13.2 Å². The first-order chi connectivity index (χ1) is 13.3. The molecule has 1 aliphatic carbocycles. The number of carbonyl (C=O) groups is 1. The average molecular weight is 395 g/mol. The number of pyridine rings is 1. The Morgan fingerprint density at radius 1 is 1.04 bits per heavy atom. The zero-order chi connectivity index (χ0) is 19.9. The smallest absolute Gasteiger partial charge is 0.255 e. The maximum absolute atomic E-state index is 12.7.